The Morgan fingerprint density at radius 1 is 1.00 bits per heavy atom. The Morgan fingerprint density at radius 2 is 1.89 bits per heavy atom. The predicted molar refractivity (Wildman–Crippen MR) is 74.0 cm³/mol. The van der Waals surface area contributed by atoms with E-state index in [1.807, 2.05) is 36.4 Å². The van der Waals surface area contributed by atoms with Gasteiger partial charge in [-0.25, -0.2) is 4.99 Å². The SMILES string of the molecule is O=C1C=c2ccc(-c3cc4ccccc4[nH]3)cc2=N1. The Balaban J connectivity index is 1.94. The smallest absolute Gasteiger partial charge is 0.270 e. The molecule has 3 aromatic rings. The van der Waals surface area contributed by atoms with Crippen LogP contribution < -0.4 is 10.6 Å². The lowest BCUT2D eigenvalue weighted by atomic mass is 10.1. The van der Waals surface area contributed by atoms with E-state index in [4.69, 9.17) is 0 Å². The van der Waals surface area contributed by atoms with Crippen molar-refractivity contribution in [2.24, 2.45) is 4.99 Å². The van der Waals surface area contributed by atoms with Gasteiger partial charge in [0, 0.05) is 33.5 Å². The molecule has 0 saturated carbocycles. The zero-order valence-corrected chi connectivity index (χ0v) is 10.1. The van der Waals surface area contributed by atoms with Crippen molar-refractivity contribution in [2.75, 3.05) is 0 Å². The first-order valence-electron chi connectivity index (χ1n) is 6.12. The molecular formula is C16H10N2O. The van der Waals surface area contributed by atoms with E-state index >= 15 is 0 Å². The van der Waals surface area contributed by atoms with Crippen molar-refractivity contribution < 1.29 is 4.79 Å². The standard InChI is InChI=1S/C16H10N2O/c19-16-9-12-6-5-11(8-15(12)18-16)14-7-10-3-1-2-4-13(10)17-14/h1-9,17H. The van der Waals surface area contributed by atoms with Gasteiger partial charge in [-0.3, -0.25) is 4.79 Å². The van der Waals surface area contributed by atoms with Crippen LogP contribution >= 0.6 is 0 Å². The Morgan fingerprint density at radius 3 is 2.79 bits per heavy atom. The average molecular weight is 246 g/mol. The summed E-state index contributed by atoms with van der Waals surface area (Å²) in [6.07, 6.45) is 1.56. The molecule has 0 aliphatic carbocycles. The van der Waals surface area contributed by atoms with Crippen LogP contribution in [0.25, 0.3) is 28.2 Å². The highest BCUT2D eigenvalue weighted by Crippen LogP contribution is 2.22. The molecular weight excluding hydrogens is 236 g/mol. The summed E-state index contributed by atoms with van der Waals surface area (Å²) >= 11 is 0. The van der Waals surface area contributed by atoms with Gasteiger partial charge in [-0.15, -0.1) is 0 Å². The first-order chi connectivity index (χ1) is 9.29. The van der Waals surface area contributed by atoms with Gasteiger partial charge in [-0.05, 0) is 18.2 Å². The van der Waals surface area contributed by atoms with Crippen LogP contribution in [0.5, 0.6) is 0 Å². The molecule has 0 spiro atoms. The van der Waals surface area contributed by atoms with Gasteiger partial charge in [0.15, 0.2) is 0 Å². The maximum atomic E-state index is 11.3. The highest BCUT2D eigenvalue weighted by molar-refractivity contribution is 6.06. The average Bonchev–Trinajstić information content (AvgIpc) is 2.99. The number of aromatic nitrogens is 1. The topological polar surface area (TPSA) is 45.2 Å². The van der Waals surface area contributed by atoms with Crippen molar-refractivity contribution in [3.63, 3.8) is 0 Å². The fourth-order valence-electron chi connectivity index (χ4n) is 2.44. The van der Waals surface area contributed by atoms with Gasteiger partial charge < -0.3 is 4.98 Å². The highest BCUT2D eigenvalue weighted by atomic mass is 16.1. The van der Waals surface area contributed by atoms with Crippen LogP contribution in [0.2, 0.25) is 0 Å². The molecule has 0 unspecified atom stereocenters. The third-order valence-electron chi connectivity index (χ3n) is 3.38. The first-order valence-corrected chi connectivity index (χ1v) is 6.12. The minimum absolute atomic E-state index is 0.177. The number of carbonyl (C=O) groups is 1. The lowest BCUT2D eigenvalue weighted by Crippen LogP contribution is -2.20. The maximum absolute atomic E-state index is 11.3. The number of para-hydroxylation sites is 1. The number of rotatable bonds is 1. The van der Waals surface area contributed by atoms with Crippen LogP contribution in [-0.2, 0) is 4.79 Å². The number of carbonyl (C=O) groups excluding carboxylic acids is 1. The number of aromatic amines is 1. The molecule has 19 heavy (non-hydrogen) atoms. The molecule has 1 aromatic heterocycles. The summed E-state index contributed by atoms with van der Waals surface area (Å²) in [6, 6.07) is 16.1. The molecule has 2 heterocycles. The largest absolute Gasteiger partial charge is 0.355 e. The molecule has 4 rings (SSSR count). The third-order valence-corrected chi connectivity index (χ3v) is 3.38. The van der Waals surface area contributed by atoms with Gasteiger partial charge in [0.2, 0.25) is 0 Å². The zero-order valence-electron chi connectivity index (χ0n) is 10.1. The summed E-state index contributed by atoms with van der Waals surface area (Å²) in [6.45, 7) is 0. The van der Waals surface area contributed by atoms with Gasteiger partial charge in [0.05, 0.1) is 5.36 Å². The number of nitrogens with zero attached hydrogens (tertiary/aromatic N) is 1. The van der Waals surface area contributed by atoms with Crippen LogP contribution in [0.1, 0.15) is 0 Å². The van der Waals surface area contributed by atoms with Crippen molar-refractivity contribution >= 4 is 22.9 Å². The van der Waals surface area contributed by atoms with E-state index in [1.165, 1.54) is 5.39 Å². The van der Waals surface area contributed by atoms with Crippen LogP contribution in [0.3, 0.4) is 0 Å². The van der Waals surface area contributed by atoms with Crippen molar-refractivity contribution in [3.8, 4) is 11.3 Å². The highest BCUT2D eigenvalue weighted by Gasteiger charge is 2.07. The molecule has 1 aliphatic rings. The summed E-state index contributed by atoms with van der Waals surface area (Å²) in [5, 5.41) is 2.82. The summed E-state index contributed by atoms with van der Waals surface area (Å²) in [4.78, 5) is 18.6. The van der Waals surface area contributed by atoms with Crippen LogP contribution in [0.15, 0.2) is 53.5 Å². The zero-order chi connectivity index (χ0) is 12.8. The fourth-order valence-corrected chi connectivity index (χ4v) is 2.44. The van der Waals surface area contributed by atoms with E-state index in [2.05, 4.69) is 22.1 Å². The van der Waals surface area contributed by atoms with Gasteiger partial charge in [-0.2, -0.15) is 0 Å². The predicted octanol–water partition coefficient (Wildman–Crippen LogP) is 1.78. The second-order valence-corrected chi connectivity index (χ2v) is 4.64. The Bertz CT molecular complexity index is 902. The lowest BCUT2D eigenvalue weighted by Gasteiger charge is -1.96. The minimum atomic E-state index is -0.177. The van der Waals surface area contributed by atoms with E-state index < -0.39 is 0 Å². The summed E-state index contributed by atoms with van der Waals surface area (Å²) in [7, 11) is 0. The minimum Gasteiger partial charge on any atom is -0.355 e. The molecule has 0 atom stereocenters. The van der Waals surface area contributed by atoms with Gasteiger partial charge in [0.1, 0.15) is 0 Å². The number of nitrogens with one attached hydrogen (secondary N) is 1. The molecule has 1 amide bonds. The van der Waals surface area contributed by atoms with E-state index in [1.54, 1.807) is 6.08 Å². The first kappa shape index (κ1) is 10.3. The van der Waals surface area contributed by atoms with E-state index in [0.717, 1.165) is 27.3 Å². The van der Waals surface area contributed by atoms with Crippen molar-refractivity contribution in [1.82, 2.24) is 4.98 Å². The Hall–Kier alpha value is -2.68. The lowest BCUT2D eigenvalue weighted by molar-refractivity contribution is -0.112. The van der Waals surface area contributed by atoms with Crippen LogP contribution in [0.4, 0.5) is 0 Å². The second-order valence-electron chi connectivity index (χ2n) is 4.64. The monoisotopic (exact) mass is 246 g/mol. The van der Waals surface area contributed by atoms with Crippen molar-refractivity contribution in [2.45, 2.75) is 0 Å². The Kier molecular flexibility index (Phi) is 1.97. The molecule has 3 nitrogen and oxygen atoms in total. The van der Waals surface area contributed by atoms with E-state index in [9.17, 15) is 4.79 Å². The maximum Gasteiger partial charge on any atom is 0.270 e. The molecule has 2 aromatic carbocycles. The van der Waals surface area contributed by atoms with Crippen molar-refractivity contribution in [3.05, 3.63) is 59.1 Å². The summed E-state index contributed by atoms with van der Waals surface area (Å²) in [5.74, 6) is -0.177. The van der Waals surface area contributed by atoms with Crippen LogP contribution in [-0.4, -0.2) is 10.9 Å². The molecule has 1 N–H and O–H groups in total. The number of hydrogen-bond acceptors (Lipinski definition) is 1. The molecule has 1 aliphatic heterocycles. The molecule has 3 heteroatoms. The van der Waals surface area contributed by atoms with E-state index in [-0.39, 0.29) is 5.91 Å². The fraction of sp³-hybridized carbons (Fsp3) is 0. The number of hydrogen-bond donors (Lipinski definition) is 1. The number of fused-ring (bicyclic) bond motifs is 2. The molecule has 0 fully saturated rings. The normalized spacial score (nSPS) is 13.2. The van der Waals surface area contributed by atoms with E-state index in [0.29, 0.717) is 0 Å². The summed E-state index contributed by atoms with van der Waals surface area (Å²) < 4.78 is 0. The van der Waals surface area contributed by atoms with Gasteiger partial charge in [-0.1, -0.05) is 30.3 Å². The second kappa shape index (κ2) is 3.65. The molecule has 0 saturated heterocycles. The van der Waals surface area contributed by atoms with Crippen LogP contribution in [0, 0.1) is 0 Å². The summed E-state index contributed by atoms with van der Waals surface area (Å²) in [5.41, 5.74) is 3.19. The molecule has 0 radical (unpaired) electrons. The molecule has 0 bridgehead atoms. The molecule has 90 valence electrons. The third kappa shape index (κ3) is 1.59. The number of H-pyrrole nitrogens is 1. The van der Waals surface area contributed by atoms with Gasteiger partial charge in [0.25, 0.3) is 5.91 Å². The quantitative estimate of drug-likeness (QED) is 0.699. The number of amides is 1. The Labute approximate surface area is 108 Å². The van der Waals surface area contributed by atoms with Gasteiger partial charge >= 0.3 is 0 Å². The number of benzene rings is 2. The van der Waals surface area contributed by atoms with Crippen molar-refractivity contribution in [1.29, 1.82) is 0 Å².